The van der Waals surface area contributed by atoms with E-state index in [1.807, 2.05) is 0 Å². The van der Waals surface area contributed by atoms with Crippen LogP contribution < -0.4 is 0 Å². The number of furan rings is 1. The number of rotatable bonds is 2. The van der Waals surface area contributed by atoms with Gasteiger partial charge >= 0.3 is 0 Å². The number of halogens is 2. The summed E-state index contributed by atoms with van der Waals surface area (Å²) in [4.78, 5) is 2.73. The average Bonchev–Trinajstić information content (AvgIpc) is 2.91. The number of fused-ring (bicyclic) bond motifs is 1. The number of benzene rings is 1. The lowest BCUT2D eigenvalue weighted by Gasteiger charge is -2.02. The fourth-order valence-corrected chi connectivity index (χ4v) is 2.16. The van der Waals surface area contributed by atoms with E-state index in [0.717, 1.165) is 6.07 Å². The molecule has 3 nitrogen and oxygen atoms in total. The highest BCUT2D eigenvalue weighted by atomic mass is 32.1. The van der Waals surface area contributed by atoms with Crippen molar-refractivity contribution in [2.24, 2.45) is 0 Å². The second kappa shape index (κ2) is 4.06. The molecule has 3 aromatic rings. The van der Waals surface area contributed by atoms with Gasteiger partial charge in [-0.3, -0.25) is 0 Å². The van der Waals surface area contributed by atoms with Crippen LogP contribution in [0.1, 0.15) is 5.76 Å². The van der Waals surface area contributed by atoms with Crippen LogP contribution in [0.4, 0.5) is 8.78 Å². The third-order valence-electron chi connectivity index (χ3n) is 2.70. The van der Waals surface area contributed by atoms with Crippen molar-refractivity contribution in [1.29, 1.82) is 0 Å². The molecule has 0 fully saturated rings. The molecule has 3 rings (SSSR count). The standard InChI is InChI=1S/C12H8F2N2OS/c13-7-4-9(14)11-10(5-7)16(12(18)15-11)6-8-2-1-3-17-8/h1-5H,6H2,(H,15,18). The van der Waals surface area contributed by atoms with Gasteiger partial charge in [0, 0.05) is 6.07 Å². The van der Waals surface area contributed by atoms with E-state index in [9.17, 15) is 8.78 Å². The van der Waals surface area contributed by atoms with Gasteiger partial charge in [-0.1, -0.05) is 0 Å². The number of imidazole rings is 1. The molecule has 0 amide bonds. The molecule has 92 valence electrons. The summed E-state index contributed by atoms with van der Waals surface area (Å²) in [5.41, 5.74) is 0.585. The Balaban J connectivity index is 2.22. The first-order chi connectivity index (χ1) is 8.65. The van der Waals surface area contributed by atoms with Crippen molar-refractivity contribution in [2.75, 3.05) is 0 Å². The van der Waals surface area contributed by atoms with E-state index in [1.165, 1.54) is 12.3 Å². The zero-order chi connectivity index (χ0) is 12.7. The Morgan fingerprint density at radius 1 is 1.33 bits per heavy atom. The summed E-state index contributed by atoms with van der Waals surface area (Å²) in [6.07, 6.45) is 1.54. The minimum atomic E-state index is -0.658. The molecule has 0 spiro atoms. The third kappa shape index (κ3) is 1.74. The number of hydrogen-bond donors (Lipinski definition) is 1. The lowest BCUT2D eigenvalue weighted by molar-refractivity contribution is 0.495. The molecular formula is C12H8F2N2OS. The first kappa shape index (κ1) is 11.2. The number of aromatic amines is 1. The van der Waals surface area contributed by atoms with Gasteiger partial charge in [0.25, 0.3) is 0 Å². The molecule has 0 bridgehead atoms. The molecule has 2 heterocycles. The number of nitrogens with one attached hydrogen (secondary N) is 1. The van der Waals surface area contributed by atoms with Crippen LogP contribution in [-0.4, -0.2) is 9.55 Å². The van der Waals surface area contributed by atoms with Gasteiger partial charge in [0.15, 0.2) is 10.6 Å². The molecule has 0 aliphatic heterocycles. The van der Waals surface area contributed by atoms with Crippen molar-refractivity contribution in [3.8, 4) is 0 Å². The molecule has 0 aliphatic carbocycles. The van der Waals surface area contributed by atoms with E-state index in [0.29, 0.717) is 22.6 Å². The Bertz CT molecular complexity index is 758. The first-order valence-electron chi connectivity index (χ1n) is 5.25. The molecule has 0 radical (unpaired) electrons. The van der Waals surface area contributed by atoms with E-state index in [2.05, 4.69) is 4.98 Å². The van der Waals surface area contributed by atoms with Crippen LogP contribution in [0, 0.1) is 16.4 Å². The van der Waals surface area contributed by atoms with E-state index >= 15 is 0 Å². The summed E-state index contributed by atoms with van der Waals surface area (Å²) < 4.78 is 33.9. The highest BCUT2D eigenvalue weighted by Crippen LogP contribution is 2.20. The van der Waals surface area contributed by atoms with Crippen molar-refractivity contribution in [1.82, 2.24) is 9.55 Å². The summed E-state index contributed by atoms with van der Waals surface area (Å²) in [6.45, 7) is 0.328. The van der Waals surface area contributed by atoms with Crippen LogP contribution in [0.25, 0.3) is 11.0 Å². The van der Waals surface area contributed by atoms with Gasteiger partial charge in [-0.05, 0) is 30.4 Å². The Kier molecular flexibility index (Phi) is 2.52. The minimum Gasteiger partial charge on any atom is -0.467 e. The van der Waals surface area contributed by atoms with Crippen molar-refractivity contribution in [3.63, 3.8) is 0 Å². The lowest BCUT2D eigenvalue weighted by atomic mass is 10.3. The molecule has 2 aromatic heterocycles. The normalized spacial score (nSPS) is 11.2. The monoisotopic (exact) mass is 266 g/mol. The van der Waals surface area contributed by atoms with Crippen molar-refractivity contribution in [3.05, 3.63) is 52.7 Å². The van der Waals surface area contributed by atoms with Gasteiger partial charge in [0.1, 0.15) is 17.1 Å². The predicted molar refractivity (Wildman–Crippen MR) is 64.8 cm³/mol. The molecule has 1 N–H and O–H groups in total. The number of H-pyrrole nitrogens is 1. The topological polar surface area (TPSA) is 33.9 Å². The van der Waals surface area contributed by atoms with Crippen LogP contribution in [0.5, 0.6) is 0 Å². The third-order valence-corrected chi connectivity index (χ3v) is 3.02. The number of hydrogen-bond acceptors (Lipinski definition) is 2. The van der Waals surface area contributed by atoms with Gasteiger partial charge < -0.3 is 14.0 Å². The van der Waals surface area contributed by atoms with E-state index in [4.69, 9.17) is 16.6 Å². The Morgan fingerprint density at radius 3 is 2.89 bits per heavy atom. The van der Waals surface area contributed by atoms with Gasteiger partial charge in [-0.2, -0.15) is 0 Å². The van der Waals surface area contributed by atoms with Crippen molar-refractivity contribution >= 4 is 23.3 Å². The first-order valence-corrected chi connectivity index (χ1v) is 5.66. The Labute approximate surface area is 106 Å². The highest BCUT2D eigenvalue weighted by Gasteiger charge is 2.11. The van der Waals surface area contributed by atoms with Gasteiger partial charge in [-0.25, -0.2) is 8.78 Å². The zero-order valence-electron chi connectivity index (χ0n) is 9.11. The second-order valence-corrected chi connectivity index (χ2v) is 4.26. The minimum absolute atomic E-state index is 0.202. The molecule has 1 aromatic carbocycles. The van der Waals surface area contributed by atoms with Crippen molar-refractivity contribution in [2.45, 2.75) is 6.54 Å². The lowest BCUT2D eigenvalue weighted by Crippen LogP contribution is -1.98. The van der Waals surface area contributed by atoms with Gasteiger partial charge in [0.05, 0.1) is 18.3 Å². The molecule has 0 atom stereocenters. The second-order valence-electron chi connectivity index (χ2n) is 3.88. The van der Waals surface area contributed by atoms with E-state index in [1.54, 1.807) is 16.7 Å². The number of aromatic nitrogens is 2. The fraction of sp³-hybridized carbons (Fsp3) is 0.0833. The smallest absolute Gasteiger partial charge is 0.178 e. The SMILES string of the molecule is Fc1cc(F)c2[nH]c(=S)n(Cc3ccco3)c2c1. The highest BCUT2D eigenvalue weighted by molar-refractivity contribution is 7.71. The molecule has 0 saturated heterocycles. The summed E-state index contributed by atoms with van der Waals surface area (Å²) in [7, 11) is 0. The van der Waals surface area contributed by atoms with Gasteiger partial charge in [0.2, 0.25) is 0 Å². The maximum absolute atomic E-state index is 13.6. The van der Waals surface area contributed by atoms with Gasteiger partial charge in [-0.15, -0.1) is 0 Å². The summed E-state index contributed by atoms with van der Waals surface area (Å²) in [6, 6.07) is 5.59. The quantitative estimate of drug-likeness (QED) is 0.719. The van der Waals surface area contributed by atoms with Crippen LogP contribution in [0.3, 0.4) is 0 Å². The Hall–Kier alpha value is -1.95. The fourth-order valence-electron chi connectivity index (χ4n) is 1.90. The largest absolute Gasteiger partial charge is 0.467 e. The molecule has 0 unspecified atom stereocenters. The summed E-state index contributed by atoms with van der Waals surface area (Å²) in [5.74, 6) is -0.631. The maximum atomic E-state index is 13.6. The number of nitrogens with zero attached hydrogens (tertiary/aromatic N) is 1. The molecule has 6 heteroatoms. The van der Waals surface area contributed by atoms with Crippen molar-refractivity contribution < 1.29 is 13.2 Å². The van der Waals surface area contributed by atoms with Crippen LogP contribution in [0.2, 0.25) is 0 Å². The maximum Gasteiger partial charge on any atom is 0.178 e. The average molecular weight is 266 g/mol. The van der Waals surface area contributed by atoms with Crippen LogP contribution in [-0.2, 0) is 6.54 Å². The zero-order valence-corrected chi connectivity index (χ0v) is 9.93. The molecule has 18 heavy (non-hydrogen) atoms. The predicted octanol–water partition coefficient (Wildman–Crippen LogP) is 3.62. The van der Waals surface area contributed by atoms with E-state index in [-0.39, 0.29) is 5.52 Å². The molecular weight excluding hydrogens is 258 g/mol. The molecule has 0 aliphatic rings. The van der Waals surface area contributed by atoms with Crippen LogP contribution >= 0.6 is 12.2 Å². The van der Waals surface area contributed by atoms with Crippen LogP contribution in [0.15, 0.2) is 34.9 Å². The van der Waals surface area contributed by atoms with E-state index < -0.39 is 11.6 Å². The Morgan fingerprint density at radius 2 is 2.17 bits per heavy atom. The molecule has 0 saturated carbocycles. The summed E-state index contributed by atoms with van der Waals surface area (Å²) >= 11 is 5.11. The summed E-state index contributed by atoms with van der Waals surface area (Å²) in [5, 5.41) is 0.